The molecule has 11 N–H and O–H groups in total. The van der Waals surface area contributed by atoms with Gasteiger partial charge in [0, 0.05) is 6.42 Å². The van der Waals surface area contributed by atoms with E-state index in [1.807, 2.05) is 0 Å². The van der Waals surface area contributed by atoms with Crippen LogP contribution in [0.1, 0.15) is 78.1 Å². The van der Waals surface area contributed by atoms with Crippen molar-refractivity contribution >= 4 is 35.6 Å². The summed E-state index contributed by atoms with van der Waals surface area (Å²) >= 11 is 0. The lowest BCUT2D eigenvalue weighted by molar-refractivity contribution is -0.143. The highest BCUT2D eigenvalue weighted by atomic mass is 16.4. The Morgan fingerprint density at radius 3 is 1.69 bits per heavy atom. The largest absolute Gasteiger partial charge is 0.481 e. The second-order valence-corrected chi connectivity index (χ2v) is 10.9. The van der Waals surface area contributed by atoms with Crippen LogP contribution in [0.5, 0.6) is 0 Å². The van der Waals surface area contributed by atoms with Crippen LogP contribution in [-0.4, -0.2) is 95.6 Å². The Labute approximate surface area is 246 Å². The molecule has 0 radical (unpaired) electrons. The van der Waals surface area contributed by atoms with E-state index in [0.29, 0.717) is 51.7 Å². The van der Waals surface area contributed by atoms with Gasteiger partial charge in [0.1, 0.15) is 24.2 Å². The van der Waals surface area contributed by atoms with E-state index in [4.69, 9.17) is 11.5 Å². The average Bonchev–Trinajstić information content (AvgIpc) is 3.47. The molecule has 240 valence electrons. The highest BCUT2D eigenvalue weighted by molar-refractivity contribution is 5.95. The first kappa shape index (κ1) is 36.7. The molecule has 0 unspecified atom stereocenters. The molecule has 1 aliphatic rings. The van der Waals surface area contributed by atoms with Crippen molar-refractivity contribution in [2.24, 2.45) is 17.4 Å². The van der Waals surface area contributed by atoms with Crippen molar-refractivity contribution in [2.45, 2.75) is 108 Å². The predicted molar refractivity (Wildman–Crippen MR) is 154 cm³/mol. The maximum atomic E-state index is 13.4. The van der Waals surface area contributed by atoms with E-state index in [1.54, 1.807) is 13.8 Å². The fourth-order valence-electron chi connectivity index (χ4n) is 4.55. The molecule has 0 aromatic rings. The molecular formula is C27H49N7O8. The Morgan fingerprint density at radius 1 is 0.762 bits per heavy atom. The van der Waals surface area contributed by atoms with Gasteiger partial charge in [-0.2, -0.15) is 0 Å². The van der Waals surface area contributed by atoms with Gasteiger partial charge in [0.25, 0.3) is 0 Å². The molecule has 15 nitrogen and oxygen atoms in total. The molecular weight excluding hydrogens is 550 g/mol. The normalized spacial score (nSPS) is 17.5. The van der Waals surface area contributed by atoms with E-state index in [1.165, 1.54) is 0 Å². The number of aliphatic carboxylic acids is 2. The molecule has 0 saturated carbocycles. The lowest BCUT2D eigenvalue weighted by Gasteiger charge is -2.27. The zero-order valence-corrected chi connectivity index (χ0v) is 24.7. The van der Waals surface area contributed by atoms with Crippen molar-refractivity contribution < 1.29 is 39.0 Å². The Morgan fingerprint density at radius 2 is 1.26 bits per heavy atom. The highest BCUT2D eigenvalue weighted by Gasteiger charge is 2.33. The third kappa shape index (κ3) is 13.6. The lowest BCUT2D eigenvalue weighted by Crippen LogP contribution is -2.58. The van der Waals surface area contributed by atoms with Crippen molar-refractivity contribution in [3.05, 3.63) is 0 Å². The maximum Gasteiger partial charge on any atom is 0.326 e. The van der Waals surface area contributed by atoms with E-state index >= 15 is 0 Å². The van der Waals surface area contributed by atoms with Crippen LogP contribution >= 0.6 is 0 Å². The van der Waals surface area contributed by atoms with Gasteiger partial charge in [0.2, 0.25) is 23.6 Å². The molecule has 1 aliphatic heterocycles. The average molecular weight is 600 g/mol. The number of hydrogen-bond acceptors (Lipinski definition) is 9. The number of unbranched alkanes of at least 4 members (excludes halogenated alkanes) is 2. The van der Waals surface area contributed by atoms with E-state index in [2.05, 4.69) is 26.6 Å². The van der Waals surface area contributed by atoms with Gasteiger partial charge in [-0.25, -0.2) is 4.79 Å². The number of hydrogen-bond donors (Lipinski definition) is 9. The maximum absolute atomic E-state index is 13.4. The van der Waals surface area contributed by atoms with Gasteiger partial charge >= 0.3 is 11.9 Å². The van der Waals surface area contributed by atoms with Gasteiger partial charge in [-0.3, -0.25) is 24.0 Å². The Kier molecular flexibility index (Phi) is 17.3. The first-order valence-corrected chi connectivity index (χ1v) is 14.7. The number of carbonyl (C=O) groups is 6. The molecule has 1 fully saturated rings. The summed E-state index contributed by atoms with van der Waals surface area (Å²) in [6.45, 7) is 4.68. The summed E-state index contributed by atoms with van der Waals surface area (Å²) in [5, 5.41) is 32.1. The summed E-state index contributed by atoms with van der Waals surface area (Å²) in [5.41, 5.74) is 11.1. The minimum absolute atomic E-state index is 0.144. The van der Waals surface area contributed by atoms with Crippen molar-refractivity contribution in [1.29, 1.82) is 0 Å². The fourth-order valence-corrected chi connectivity index (χ4v) is 4.55. The molecule has 1 heterocycles. The molecule has 0 bridgehead atoms. The Bertz CT molecular complexity index is 911. The van der Waals surface area contributed by atoms with Crippen LogP contribution in [0.3, 0.4) is 0 Å². The topological polar surface area (TPSA) is 255 Å². The number of carbonyl (C=O) groups excluding carboxylic acids is 4. The van der Waals surface area contributed by atoms with Crippen LogP contribution in [0.2, 0.25) is 0 Å². The van der Waals surface area contributed by atoms with Gasteiger partial charge in [-0.15, -0.1) is 0 Å². The van der Waals surface area contributed by atoms with E-state index in [0.717, 1.165) is 6.42 Å². The van der Waals surface area contributed by atoms with Crippen LogP contribution < -0.4 is 38.1 Å². The molecule has 0 aliphatic carbocycles. The molecule has 1 saturated heterocycles. The molecule has 5 atom stereocenters. The van der Waals surface area contributed by atoms with E-state index in [-0.39, 0.29) is 25.2 Å². The van der Waals surface area contributed by atoms with E-state index in [9.17, 15) is 39.0 Å². The van der Waals surface area contributed by atoms with Crippen molar-refractivity contribution in [2.75, 3.05) is 19.6 Å². The van der Waals surface area contributed by atoms with Crippen LogP contribution in [0.25, 0.3) is 0 Å². The first-order chi connectivity index (χ1) is 19.9. The minimum atomic E-state index is -1.34. The lowest BCUT2D eigenvalue weighted by atomic mass is 10.0. The van der Waals surface area contributed by atoms with Gasteiger partial charge in [-0.05, 0) is 83.3 Å². The summed E-state index contributed by atoms with van der Waals surface area (Å²) in [6.07, 6.45) is 3.25. The minimum Gasteiger partial charge on any atom is -0.481 e. The first-order valence-electron chi connectivity index (χ1n) is 14.7. The highest BCUT2D eigenvalue weighted by Crippen LogP contribution is 2.10. The standard InChI is InChI=1S/C27H49N7O8/c1-16(2)22(27(41)42)34-26(40)19(9-4-6-14-29)32-25(39)20(11-12-21(35)36)33-24(38)18(8-3-5-13-28)31-23(37)17-10-7-15-30-17/h16-20,22,30H,3-15,28-29H2,1-2H3,(H,31,37)(H,32,39)(H,33,38)(H,34,40)(H,35,36)(H,41,42)/t17-,18-,19-,20-,22-/m0/s1. The number of carboxylic acid groups (broad SMARTS) is 2. The smallest absolute Gasteiger partial charge is 0.326 e. The second-order valence-electron chi connectivity index (χ2n) is 10.9. The van der Waals surface area contributed by atoms with Gasteiger partial charge in [0.05, 0.1) is 6.04 Å². The van der Waals surface area contributed by atoms with Crippen LogP contribution in [0.15, 0.2) is 0 Å². The summed E-state index contributed by atoms with van der Waals surface area (Å²) in [7, 11) is 0. The fraction of sp³-hybridized carbons (Fsp3) is 0.778. The second kappa shape index (κ2) is 19.8. The van der Waals surface area contributed by atoms with Crippen LogP contribution in [0, 0.1) is 5.92 Å². The van der Waals surface area contributed by atoms with Gasteiger partial charge in [-0.1, -0.05) is 13.8 Å². The summed E-state index contributed by atoms with van der Waals surface area (Å²) in [4.78, 5) is 75.4. The molecule has 0 aromatic carbocycles. The summed E-state index contributed by atoms with van der Waals surface area (Å²) in [5.74, 6) is -5.40. The third-order valence-corrected chi connectivity index (χ3v) is 7.05. The number of nitrogens with one attached hydrogen (secondary N) is 5. The monoisotopic (exact) mass is 599 g/mol. The third-order valence-electron chi connectivity index (χ3n) is 7.05. The number of amides is 4. The summed E-state index contributed by atoms with van der Waals surface area (Å²) < 4.78 is 0. The zero-order valence-electron chi connectivity index (χ0n) is 24.7. The molecule has 0 spiro atoms. The quantitative estimate of drug-likeness (QED) is 0.0689. The molecule has 0 aromatic heterocycles. The van der Waals surface area contributed by atoms with Crippen molar-refractivity contribution in [3.8, 4) is 0 Å². The van der Waals surface area contributed by atoms with Crippen molar-refractivity contribution in [1.82, 2.24) is 26.6 Å². The summed E-state index contributed by atoms with van der Waals surface area (Å²) in [6, 6.07) is -5.10. The van der Waals surface area contributed by atoms with E-state index < -0.39 is 72.2 Å². The number of carboxylic acids is 2. The zero-order chi connectivity index (χ0) is 31.7. The molecule has 4 amide bonds. The number of nitrogens with two attached hydrogens (primary N) is 2. The SMILES string of the molecule is CC(C)[C@H](NC(=O)[C@H](CCCCN)NC(=O)[C@H](CCC(=O)O)NC(=O)[C@H](CCCCN)NC(=O)[C@@H]1CCCN1)C(=O)O. The van der Waals surface area contributed by atoms with Crippen LogP contribution in [-0.2, 0) is 28.8 Å². The van der Waals surface area contributed by atoms with Gasteiger partial charge < -0.3 is 48.3 Å². The Balaban J connectivity index is 3.10. The van der Waals surface area contributed by atoms with Crippen molar-refractivity contribution in [3.63, 3.8) is 0 Å². The van der Waals surface area contributed by atoms with Gasteiger partial charge in [0.15, 0.2) is 0 Å². The molecule has 15 heteroatoms. The Hall–Kier alpha value is -3.30. The predicted octanol–water partition coefficient (Wildman–Crippen LogP) is -1.46. The number of rotatable bonds is 21. The van der Waals surface area contributed by atoms with Crippen LogP contribution in [0.4, 0.5) is 0 Å². The molecule has 42 heavy (non-hydrogen) atoms. The molecule has 1 rings (SSSR count).